The molecule has 0 spiro atoms. The Bertz CT molecular complexity index is 706. The van der Waals surface area contributed by atoms with Crippen LogP contribution in [0.15, 0.2) is 30.3 Å². The van der Waals surface area contributed by atoms with Gasteiger partial charge in [0.05, 0.1) is 0 Å². The third-order valence-electron chi connectivity index (χ3n) is 4.78. The number of anilines is 3. The van der Waals surface area contributed by atoms with Crippen LogP contribution >= 0.6 is 0 Å². The number of hydrogen-bond acceptors (Lipinski definition) is 5. The first kappa shape index (κ1) is 14.5. The molecule has 5 nitrogen and oxygen atoms in total. The molecule has 2 aliphatic heterocycles. The van der Waals surface area contributed by atoms with Gasteiger partial charge in [0.15, 0.2) is 0 Å². The molecule has 23 heavy (non-hydrogen) atoms. The minimum absolute atomic E-state index is 0.873. The monoisotopic (exact) mass is 309 g/mol. The summed E-state index contributed by atoms with van der Waals surface area (Å²) in [5, 5.41) is 0. The maximum Gasteiger partial charge on any atom is 0.227 e. The van der Waals surface area contributed by atoms with Gasteiger partial charge in [-0.15, -0.1) is 0 Å². The van der Waals surface area contributed by atoms with Gasteiger partial charge < -0.3 is 14.7 Å². The number of nitrogens with zero attached hydrogens (tertiary/aromatic N) is 5. The lowest BCUT2D eigenvalue weighted by atomic mass is 10.2. The second kappa shape index (κ2) is 5.81. The van der Waals surface area contributed by atoms with Gasteiger partial charge in [-0.3, -0.25) is 0 Å². The molecule has 1 aromatic carbocycles. The highest BCUT2D eigenvalue weighted by atomic mass is 15.3. The summed E-state index contributed by atoms with van der Waals surface area (Å²) in [6.07, 6.45) is 1.09. The van der Waals surface area contributed by atoms with E-state index in [1.54, 1.807) is 0 Å². The molecule has 0 N–H and O–H groups in total. The summed E-state index contributed by atoms with van der Waals surface area (Å²) in [5.41, 5.74) is 3.73. The topological polar surface area (TPSA) is 35.5 Å². The second-order valence-electron chi connectivity index (χ2n) is 6.49. The summed E-state index contributed by atoms with van der Waals surface area (Å²) in [6, 6.07) is 10.7. The van der Waals surface area contributed by atoms with E-state index in [-0.39, 0.29) is 0 Å². The zero-order chi connectivity index (χ0) is 15.8. The third-order valence-corrected chi connectivity index (χ3v) is 4.78. The van der Waals surface area contributed by atoms with Gasteiger partial charge in [-0.25, -0.2) is 4.98 Å². The van der Waals surface area contributed by atoms with Crippen LogP contribution in [0.1, 0.15) is 11.3 Å². The summed E-state index contributed by atoms with van der Waals surface area (Å²) in [5.74, 6) is 1.90. The average Bonchev–Trinajstić information content (AvgIpc) is 2.99. The Labute approximate surface area is 137 Å². The molecule has 2 aromatic rings. The number of benzene rings is 1. The Morgan fingerprint density at radius 3 is 2.57 bits per heavy atom. The molecule has 0 saturated carbocycles. The average molecular weight is 309 g/mol. The van der Waals surface area contributed by atoms with Gasteiger partial charge in [0.2, 0.25) is 5.95 Å². The summed E-state index contributed by atoms with van der Waals surface area (Å²) in [6.45, 7) is 7.19. The molecular formula is C18H23N5. The number of aryl methyl sites for hydroxylation is 1. The van der Waals surface area contributed by atoms with Crippen molar-refractivity contribution in [1.29, 1.82) is 0 Å². The van der Waals surface area contributed by atoms with Crippen LogP contribution in [0.5, 0.6) is 0 Å². The van der Waals surface area contributed by atoms with Crippen molar-refractivity contribution >= 4 is 17.5 Å². The van der Waals surface area contributed by atoms with Gasteiger partial charge in [-0.1, -0.05) is 18.2 Å². The number of hydrogen-bond donors (Lipinski definition) is 0. The molecule has 1 aromatic heterocycles. The van der Waals surface area contributed by atoms with Crippen molar-refractivity contribution in [2.75, 3.05) is 49.6 Å². The molecule has 0 amide bonds. The molecule has 1 fully saturated rings. The number of piperazine rings is 1. The fourth-order valence-electron chi connectivity index (χ4n) is 3.40. The smallest absolute Gasteiger partial charge is 0.227 e. The largest absolute Gasteiger partial charge is 0.338 e. The molecule has 3 heterocycles. The first-order valence-corrected chi connectivity index (χ1v) is 8.35. The molecule has 2 aliphatic rings. The van der Waals surface area contributed by atoms with E-state index in [2.05, 4.69) is 64.0 Å². The van der Waals surface area contributed by atoms with Crippen LogP contribution < -0.4 is 9.80 Å². The first-order chi connectivity index (χ1) is 11.2. The van der Waals surface area contributed by atoms with E-state index >= 15 is 0 Å². The Balaban J connectivity index is 1.65. The number of aromatic nitrogens is 2. The summed E-state index contributed by atoms with van der Waals surface area (Å²) >= 11 is 0. The van der Waals surface area contributed by atoms with E-state index < -0.39 is 0 Å². The van der Waals surface area contributed by atoms with E-state index in [0.717, 1.165) is 56.6 Å². The van der Waals surface area contributed by atoms with E-state index in [0.29, 0.717) is 0 Å². The maximum atomic E-state index is 4.89. The lowest BCUT2D eigenvalue weighted by Crippen LogP contribution is -2.45. The van der Waals surface area contributed by atoms with Gasteiger partial charge in [0.1, 0.15) is 5.82 Å². The van der Waals surface area contributed by atoms with Gasteiger partial charge in [-0.05, 0) is 32.0 Å². The molecule has 0 unspecified atom stereocenters. The van der Waals surface area contributed by atoms with Gasteiger partial charge in [0.25, 0.3) is 0 Å². The lowest BCUT2D eigenvalue weighted by molar-refractivity contribution is 0.311. The lowest BCUT2D eigenvalue weighted by Gasteiger charge is -2.33. The SMILES string of the molecule is Cc1cc(N2CCc3ccccc32)nc(N2CCN(C)CC2)n1. The second-order valence-corrected chi connectivity index (χ2v) is 6.49. The van der Waals surface area contributed by atoms with Crippen LogP contribution in [0.2, 0.25) is 0 Å². The van der Waals surface area contributed by atoms with Crippen LogP contribution in [0.4, 0.5) is 17.5 Å². The van der Waals surface area contributed by atoms with Gasteiger partial charge >= 0.3 is 0 Å². The van der Waals surface area contributed by atoms with Crippen molar-refractivity contribution in [1.82, 2.24) is 14.9 Å². The molecule has 0 aliphatic carbocycles. The molecule has 0 bridgehead atoms. The summed E-state index contributed by atoms with van der Waals surface area (Å²) in [4.78, 5) is 16.5. The fourth-order valence-corrected chi connectivity index (χ4v) is 3.40. The van der Waals surface area contributed by atoms with Crippen LogP contribution in [0.25, 0.3) is 0 Å². The Morgan fingerprint density at radius 2 is 1.74 bits per heavy atom. The normalized spacial score (nSPS) is 18.3. The summed E-state index contributed by atoms with van der Waals surface area (Å²) < 4.78 is 0. The summed E-state index contributed by atoms with van der Waals surface area (Å²) in [7, 11) is 2.17. The maximum absolute atomic E-state index is 4.89. The van der Waals surface area contributed by atoms with Crippen LogP contribution in [0, 0.1) is 6.92 Å². The number of likely N-dealkylation sites (N-methyl/N-ethyl adjacent to an activating group) is 1. The minimum Gasteiger partial charge on any atom is -0.338 e. The van der Waals surface area contributed by atoms with Crippen molar-refractivity contribution < 1.29 is 0 Å². The van der Waals surface area contributed by atoms with Crippen molar-refractivity contribution in [3.63, 3.8) is 0 Å². The standard InChI is InChI=1S/C18H23N5/c1-14-13-17(23-8-7-15-5-3-4-6-16(15)23)20-18(19-14)22-11-9-21(2)10-12-22/h3-6,13H,7-12H2,1-2H3. The molecule has 1 saturated heterocycles. The Morgan fingerprint density at radius 1 is 0.957 bits per heavy atom. The Hall–Kier alpha value is -2.14. The Kier molecular flexibility index (Phi) is 3.65. The van der Waals surface area contributed by atoms with Gasteiger partial charge in [0, 0.05) is 50.2 Å². The van der Waals surface area contributed by atoms with Crippen LogP contribution in [-0.4, -0.2) is 54.6 Å². The van der Waals surface area contributed by atoms with E-state index in [1.807, 2.05) is 0 Å². The number of fused-ring (bicyclic) bond motifs is 1. The van der Waals surface area contributed by atoms with Gasteiger partial charge in [-0.2, -0.15) is 4.98 Å². The van der Waals surface area contributed by atoms with E-state index in [9.17, 15) is 0 Å². The molecule has 0 atom stereocenters. The first-order valence-electron chi connectivity index (χ1n) is 8.35. The van der Waals surface area contributed by atoms with Crippen molar-refractivity contribution in [3.05, 3.63) is 41.6 Å². The highest BCUT2D eigenvalue weighted by Crippen LogP contribution is 2.34. The molecule has 4 rings (SSSR count). The molecular weight excluding hydrogens is 286 g/mol. The van der Waals surface area contributed by atoms with Crippen LogP contribution in [-0.2, 0) is 6.42 Å². The van der Waals surface area contributed by atoms with Crippen molar-refractivity contribution in [2.45, 2.75) is 13.3 Å². The molecule has 120 valence electrons. The highest BCUT2D eigenvalue weighted by molar-refractivity contribution is 5.68. The molecule has 5 heteroatoms. The minimum atomic E-state index is 0.873. The van der Waals surface area contributed by atoms with E-state index in [1.165, 1.54) is 11.3 Å². The third kappa shape index (κ3) is 2.77. The zero-order valence-electron chi connectivity index (χ0n) is 13.9. The predicted octanol–water partition coefficient (Wildman–Crippen LogP) is 2.23. The number of rotatable bonds is 2. The van der Waals surface area contributed by atoms with Crippen molar-refractivity contribution in [2.24, 2.45) is 0 Å². The van der Waals surface area contributed by atoms with Crippen molar-refractivity contribution in [3.8, 4) is 0 Å². The highest BCUT2D eigenvalue weighted by Gasteiger charge is 2.23. The molecule has 0 radical (unpaired) electrons. The zero-order valence-corrected chi connectivity index (χ0v) is 13.9. The predicted molar refractivity (Wildman–Crippen MR) is 93.6 cm³/mol. The fraction of sp³-hybridized carbons (Fsp3) is 0.444. The quantitative estimate of drug-likeness (QED) is 0.850. The van der Waals surface area contributed by atoms with Crippen LogP contribution in [0.3, 0.4) is 0 Å². The van der Waals surface area contributed by atoms with E-state index in [4.69, 9.17) is 4.98 Å². The number of para-hydroxylation sites is 1.